The number of nitrogens with one attached hydrogen (secondary N) is 1. The number of carbonyl (C=O) groups excluding carboxylic acids is 1. The minimum absolute atomic E-state index is 0.0550. The van der Waals surface area contributed by atoms with E-state index in [4.69, 9.17) is 0 Å². The Kier molecular flexibility index (Phi) is 5.90. The summed E-state index contributed by atoms with van der Waals surface area (Å²) < 4.78 is 2.02. The summed E-state index contributed by atoms with van der Waals surface area (Å²) in [7, 11) is 0. The van der Waals surface area contributed by atoms with Crippen molar-refractivity contribution >= 4 is 5.91 Å². The fourth-order valence-corrected chi connectivity index (χ4v) is 4.17. The van der Waals surface area contributed by atoms with Gasteiger partial charge in [0.05, 0.1) is 17.9 Å². The molecule has 0 bridgehead atoms. The molecule has 0 fully saturated rings. The van der Waals surface area contributed by atoms with Gasteiger partial charge in [-0.05, 0) is 94.5 Å². The fourth-order valence-electron chi connectivity index (χ4n) is 4.17. The molecule has 0 aliphatic heterocycles. The maximum atomic E-state index is 12.9. The lowest BCUT2D eigenvalue weighted by Crippen LogP contribution is -2.31. The van der Waals surface area contributed by atoms with Crippen molar-refractivity contribution in [2.75, 3.05) is 0 Å². The minimum Gasteiger partial charge on any atom is -0.378 e. The van der Waals surface area contributed by atoms with Gasteiger partial charge in [0, 0.05) is 22.4 Å². The van der Waals surface area contributed by atoms with Gasteiger partial charge in [-0.25, -0.2) is 4.68 Å². The van der Waals surface area contributed by atoms with Crippen molar-refractivity contribution in [2.45, 2.75) is 58.6 Å². The smallest absolute Gasteiger partial charge is 0.251 e. The highest BCUT2D eigenvalue weighted by Gasteiger charge is 2.26. The zero-order chi connectivity index (χ0) is 22.9. The average molecular weight is 428 g/mol. The molecule has 0 radical (unpaired) electrons. The van der Waals surface area contributed by atoms with Crippen LogP contribution in [0.25, 0.3) is 5.69 Å². The molecular weight excluding hydrogens is 398 g/mol. The molecule has 0 saturated carbocycles. The maximum Gasteiger partial charge on any atom is 0.251 e. The highest BCUT2D eigenvalue weighted by Crippen LogP contribution is 2.31. The first-order chi connectivity index (χ1) is 15.2. The Morgan fingerprint density at radius 3 is 2.50 bits per heavy atom. The third-order valence-corrected chi connectivity index (χ3v) is 5.60. The number of aromatic nitrogens is 2. The molecule has 0 spiro atoms. The molecule has 2 aromatic carbocycles. The number of hydrogen-bond acceptors (Lipinski definition) is 3. The molecular formula is C27H29N3O2. The zero-order valence-electron chi connectivity index (χ0n) is 19.1. The molecule has 2 N–H and O–H groups in total. The van der Waals surface area contributed by atoms with Crippen LogP contribution in [0.5, 0.6) is 0 Å². The van der Waals surface area contributed by atoms with Crippen molar-refractivity contribution in [2.24, 2.45) is 0 Å². The van der Waals surface area contributed by atoms with Crippen LogP contribution in [0.1, 0.15) is 71.0 Å². The monoisotopic (exact) mass is 427 g/mol. The van der Waals surface area contributed by atoms with E-state index in [-0.39, 0.29) is 11.9 Å². The van der Waals surface area contributed by atoms with Crippen LogP contribution < -0.4 is 5.32 Å². The number of aliphatic hydroxyl groups is 1. The maximum absolute atomic E-state index is 12.9. The van der Waals surface area contributed by atoms with Gasteiger partial charge in [0.1, 0.15) is 5.60 Å². The van der Waals surface area contributed by atoms with Crippen LogP contribution in [0.15, 0.2) is 48.7 Å². The van der Waals surface area contributed by atoms with Crippen LogP contribution >= 0.6 is 0 Å². The van der Waals surface area contributed by atoms with E-state index < -0.39 is 5.60 Å². The highest BCUT2D eigenvalue weighted by atomic mass is 16.3. The largest absolute Gasteiger partial charge is 0.378 e. The fraction of sp³-hybridized carbons (Fsp3) is 0.333. The summed E-state index contributed by atoms with van der Waals surface area (Å²) in [6, 6.07) is 13.5. The first-order valence-electron chi connectivity index (χ1n) is 11.0. The molecule has 32 heavy (non-hydrogen) atoms. The minimum atomic E-state index is -1.05. The molecule has 0 unspecified atom stereocenters. The molecule has 3 aromatic rings. The molecule has 1 atom stereocenters. The zero-order valence-corrected chi connectivity index (χ0v) is 19.1. The standard InChI is InChI=1S/C27H29N3O2/c1-18-14-19(2)16-22(15-18)30-25-7-5-6-24(23(25)17-28-30)29-26(31)21-10-8-20(9-11-21)12-13-27(3,4)32/h8-11,14-17,24,32H,5-7H2,1-4H3,(H,29,31)/t24-/m1/s1. The molecule has 5 heteroatoms. The Labute approximate surface area is 189 Å². The van der Waals surface area contributed by atoms with E-state index in [2.05, 4.69) is 54.3 Å². The second-order valence-corrected chi connectivity index (χ2v) is 9.11. The van der Waals surface area contributed by atoms with Crippen molar-refractivity contribution in [1.82, 2.24) is 15.1 Å². The third kappa shape index (κ3) is 4.92. The predicted octanol–water partition coefficient (Wildman–Crippen LogP) is 4.42. The van der Waals surface area contributed by atoms with Crippen molar-refractivity contribution < 1.29 is 9.90 Å². The summed E-state index contributed by atoms with van der Waals surface area (Å²) in [5, 5.41) is 17.6. The number of hydrogen-bond donors (Lipinski definition) is 2. The van der Waals surface area contributed by atoms with Crippen LogP contribution in [0.3, 0.4) is 0 Å². The molecule has 164 valence electrons. The van der Waals surface area contributed by atoms with Gasteiger partial charge in [-0.1, -0.05) is 17.9 Å². The summed E-state index contributed by atoms with van der Waals surface area (Å²) in [6.45, 7) is 7.47. The number of rotatable bonds is 3. The Balaban J connectivity index is 1.52. The molecule has 4 rings (SSSR count). The van der Waals surface area contributed by atoms with E-state index in [0.717, 1.165) is 36.1 Å². The van der Waals surface area contributed by atoms with Gasteiger partial charge in [-0.15, -0.1) is 0 Å². The van der Waals surface area contributed by atoms with Crippen LogP contribution in [0.2, 0.25) is 0 Å². The number of benzene rings is 2. The van der Waals surface area contributed by atoms with E-state index in [1.807, 2.05) is 10.9 Å². The Morgan fingerprint density at radius 2 is 1.84 bits per heavy atom. The molecule has 1 heterocycles. The van der Waals surface area contributed by atoms with Gasteiger partial charge < -0.3 is 10.4 Å². The summed E-state index contributed by atoms with van der Waals surface area (Å²) in [4.78, 5) is 12.9. The van der Waals surface area contributed by atoms with E-state index in [0.29, 0.717) is 5.56 Å². The molecule has 1 aromatic heterocycles. The predicted molar refractivity (Wildman–Crippen MR) is 126 cm³/mol. The lowest BCUT2D eigenvalue weighted by Gasteiger charge is -2.24. The summed E-state index contributed by atoms with van der Waals surface area (Å²) >= 11 is 0. The van der Waals surface area contributed by atoms with Crippen molar-refractivity contribution in [3.05, 3.63) is 82.2 Å². The van der Waals surface area contributed by atoms with Crippen LogP contribution in [0, 0.1) is 25.7 Å². The van der Waals surface area contributed by atoms with E-state index in [9.17, 15) is 9.90 Å². The second-order valence-electron chi connectivity index (χ2n) is 9.11. The lowest BCUT2D eigenvalue weighted by molar-refractivity contribution is 0.0932. The molecule has 1 aliphatic rings. The van der Waals surface area contributed by atoms with Crippen LogP contribution in [0.4, 0.5) is 0 Å². The second kappa shape index (κ2) is 8.64. The van der Waals surface area contributed by atoms with Crippen molar-refractivity contribution in [3.63, 3.8) is 0 Å². The molecule has 1 amide bonds. The van der Waals surface area contributed by atoms with Crippen LogP contribution in [-0.2, 0) is 6.42 Å². The summed E-state index contributed by atoms with van der Waals surface area (Å²) in [5.74, 6) is 5.60. The lowest BCUT2D eigenvalue weighted by atomic mass is 9.92. The van der Waals surface area contributed by atoms with Gasteiger partial charge in [0.15, 0.2) is 0 Å². The first kappa shape index (κ1) is 21.9. The Morgan fingerprint density at radius 1 is 1.16 bits per heavy atom. The molecule has 5 nitrogen and oxygen atoms in total. The number of amides is 1. The van der Waals surface area contributed by atoms with Gasteiger partial charge >= 0.3 is 0 Å². The normalized spacial score (nSPS) is 15.5. The van der Waals surface area contributed by atoms with Crippen molar-refractivity contribution in [3.8, 4) is 17.5 Å². The Hall–Kier alpha value is -3.36. The van der Waals surface area contributed by atoms with Gasteiger partial charge in [0.2, 0.25) is 0 Å². The number of fused-ring (bicyclic) bond motifs is 1. The molecule has 0 saturated heterocycles. The number of carbonyl (C=O) groups is 1. The quantitative estimate of drug-likeness (QED) is 0.608. The third-order valence-electron chi connectivity index (χ3n) is 5.60. The van der Waals surface area contributed by atoms with E-state index in [1.165, 1.54) is 16.8 Å². The Bertz CT molecular complexity index is 1180. The first-order valence-corrected chi connectivity index (χ1v) is 11.0. The summed E-state index contributed by atoms with van der Waals surface area (Å²) in [6.07, 6.45) is 4.74. The van der Waals surface area contributed by atoms with Crippen LogP contribution in [-0.4, -0.2) is 26.4 Å². The number of aryl methyl sites for hydroxylation is 2. The van der Waals surface area contributed by atoms with Gasteiger partial charge in [0.25, 0.3) is 5.91 Å². The van der Waals surface area contributed by atoms with Gasteiger partial charge in [-0.3, -0.25) is 4.79 Å². The molecule has 1 aliphatic carbocycles. The SMILES string of the molecule is Cc1cc(C)cc(-n2ncc3c2CCC[C@H]3NC(=O)c2ccc(C#CC(C)(C)O)cc2)c1. The topological polar surface area (TPSA) is 67.2 Å². The highest BCUT2D eigenvalue weighted by molar-refractivity contribution is 5.94. The van der Waals surface area contributed by atoms with Gasteiger partial charge in [-0.2, -0.15) is 5.10 Å². The van der Waals surface area contributed by atoms with E-state index >= 15 is 0 Å². The van der Waals surface area contributed by atoms with E-state index in [1.54, 1.807) is 38.1 Å². The summed E-state index contributed by atoms with van der Waals surface area (Å²) in [5.41, 5.74) is 6.06. The van der Waals surface area contributed by atoms with Crippen molar-refractivity contribution in [1.29, 1.82) is 0 Å². The average Bonchev–Trinajstić information content (AvgIpc) is 3.17. The number of nitrogens with zero attached hydrogens (tertiary/aromatic N) is 2.